The van der Waals surface area contributed by atoms with E-state index in [-0.39, 0.29) is 5.54 Å². The number of benzene rings is 1. The van der Waals surface area contributed by atoms with Gasteiger partial charge in [0, 0.05) is 11.3 Å². The van der Waals surface area contributed by atoms with E-state index in [0.29, 0.717) is 0 Å². The lowest BCUT2D eigenvalue weighted by molar-refractivity contribution is 0.415. The molecule has 94 valence electrons. The van der Waals surface area contributed by atoms with E-state index in [4.69, 9.17) is 10.5 Å². The summed E-state index contributed by atoms with van der Waals surface area (Å²) < 4.78 is 5.16. The predicted molar refractivity (Wildman–Crippen MR) is 70.4 cm³/mol. The zero-order chi connectivity index (χ0) is 12.8. The topological polar surface area (TPSA) is 63.9 Å². The zero-order valence-electron chi connectivity index (χ0n) is 10.7. The number of methoxy groups -OCH3 is 1. The molecule has 2 aromatic rings. The van der Waals surface area contributed by atoms with E-state index in [1.165, 1.54) is 0 Å². The lowest BCUT2D eigenvalue weighted by Gasteiger charge is -2.03. The summed E-state index contributed by atoms with van der Waals surface area (Å²) in [5.41, 5.74) is 9.07. The van der Waals surface area contributed by atoms with E-state index in [9.17, 15) is 0 Å². The maximum absolute atomic E-state index is 6.16. The Kier molecular flexibility index (Phi) is 2.41. The first-order valence-electron chi connectivity index (χ1n) is 6.13. The van der Waals surface area contributed by atoms with Crippen LogP contribution in [0.4, 0.5) is 0 Å². The SMILES string of the molecule is COc1ccc(-c2nc(C3(N)CC3)[nH]c2C)cc1. The highest BCUT2D eigenvalue weighted by molar-refractivity contribution is 5.63. The van der Waals surface area contributed by atoms with Gasteiger partial charge in [0.15, 0.2) is 0 Å². The van der Waals surface area contributed by atoms with E-state index >= 15 is 0 Å². The first-order chi connectivity index (χ1) is 8.62. The van der Waals surface area contributed by atoms with Crippen molar-refractivity contribution in [3.63, 3.8) is 0 Å². The van der Waals surface area contributed by atoms with Crippen molar-refractivity contribution in [1.29, 1.82) is 0 Å². The van der Waals surface area contributed by atoms with Gasteiger partial charge in [-0.3, -0.25) is 0 Å². The van der Waals surface area contributed by atoms with Gasteiger partial charge in [0.1, 0.15) is 11.6 Å². The van der Waals surface area contributed by atoms with E-state index in [0.717, 1.165) is 41.4 Å². The number of ether oxygens (including phenoxy) is 1. The number of imidazole rings is 1. The van der Waals surface area contributed by atoms with Gasteiger partial charge in [-0.15, -0.1) is 0 Å². The van der Waals surface area contributed by atoms with Gasteiger partial charge in [0.2, 0.25) is 0 Å². The number of hydrogen-bond donors (Lipinski definition) is 2. The Morgan fingerprint density at radius 3 is 2.50 bits per heavy atom. The first kappa shape index (κ1) is 11.3. The summed E-state index contributed by atoms with van der Waals surface area (Å²) in [4.78, 5) is 7.95. The van der Waals surface area contributed by atoms with Crippen LogP contribution in [0.15, 0.2) is 24.3 Å². The summed E-state index contributed by atoms with van der Waals surface area (Å²) in [5.74, 6) is 1.76. The van der Waals surface area contributed by atoms with Crippen LogP contribution in [0.5, 0.6) is 5.75 Å². The molecule has 1 fully saturated rings. The third-order valence-corrected chi connectivity index (χ3v) is 3.51. The molecule has 0 spiro atoms. The number of aryl methyl sites for hydroxylation is 1. The highest BCUT2D eigenvalue weighted by Gasteiger charge is 2.43. The molecule has 0 amide bonds. The number of hydrogen-bond acceptors (Lipinski definition) is 3. The Labute approximate surface area is 106 Å². The van der Waals surface area contributed by atoms with Gasteiger partial charge in [-0.1, -0.05) is 0 Å². The van der Waals surface area contributed by atoms with Gasteiger partial charge in [-0.05, 0) is 44.0 Å². The summed E-state index contributed by atoms with van der Waals surface area (Å²) in [6.07, 6.45) is 2.03. The minimum atomic E-state index is -0.213. The molecule has 1 aromatic heterocycles. The van der Waals surface area contributed by atoms with Crippen LogP contribution in [0.1, 0.15) is 24.4 Å². The number of rotatable bonds is 3. The molecule has 0 atom stereocenters. The molecular weight excluding hydrogens is 226 g/mol. The Morgan fingerprint density at radius 2 is 1.94 bits per heavy atom. The molecule has 1 aliphatic carbocycles. The van der Waals surface area contributed by atoms with Crippen LogP contribution in [0.3, 0.4) is 0 Å². The number of aromatic amines is 1. The van der Waals surface area contributed by atoms with Crippen LogP contribution >= 0.6 is 0 Å². The highest BCUT2D eigenvalue weighted by atomic mass is 16.5. The van der Waals surface area contributed by atoms with Crippen molar-refractivity contribution in [2.45, 2.75) is 25.3 Å². The molecule has 1 saturated carbocycles. The molecule has 4 heteroatoms. The van der Waals surface area contributed by atoms with Crippen LogP contribution in [0.25, 0.3) is 11.3 Å². The lowest BCUT2D eigenvalue weighted by atomic mass is 10.1. The van der Waals surface area contributed by atoms with Gasteiger partial charge in [-0.25, -0.2) is 4.98 Å². The molecular formula is C14H17N3O. The number of nitrogens with one attached hydrogen (secondary N) is 1. The van der Waals surface area contributed by atoms with Crippen molar-refractivity contribution in [2.24, 2.45) is 5.73 Å². The quantitative estimate of drug-likeness (QED) is 0.869. The molecule has 3 N–H and O–H groups in total. The maximum atomic E-state index is 6.16. The third-order valence-electron chi connectivity index (χ3n) is 3.51. The number of aromatic nitrogens is 2. The van der Waals surface area contributed by atoms with Gasteiger partial charge in [-0.2, -0.15) is 0 Å². The molecule has 0 radical (unpaired) electrons. The average molecular weight is 243 g/mol. The smallest absolute Gasteiger partial charge is 0.127 e. The average Bonchev–Trinajstić information content (AvgIpc) is 3.01. The zero-order valence-corrected chi connectivity index (χ0v) is 10.7. The molecule has 0 saturated heterocycles. The second-order valence-corrected chi connectivity index (χ2v) is 4.94. The largest absolute Gasteiger partial charge is 0.497 e. The van der Waals surface area contributed by atoms with E-state index in [1.807, 2.05) is 31.2 Å². The summed E-state index contributed by atoms with van der Waals surface area (Å²) in [7, 11) is 1.66. The van der Waals surface area contributed by atoms with Gasteiger partial charge < -0.3 is 15.5 Å². The third kappa shape index (κ3) is 1.78. The van der Waals surface area contributed by atoms with Crippen molar-refractivity contribution < 1.29 is 4.74 Å². The molecule has 0 aliphatic heterocycles. The standard InChI is InChI=1S/C14H17N3O/c1-9-12(10-3-5-11(18-2)6-4-10)17-13(16-9)14(15)7-8-14/h3-6H,7-8,15H2,1-2H3,(H,16,17). The van der Waals surface area contributed by atoms with Crippen molar-refractivity contribution in [3.8, 4) is 17.0 Å². The van der Waals surface area contributed by atoms with Crippen molar-refractivity contribution in [2.75, 3.05) is 7.11 Å². The van der Waals surface area contributed by atoms with E-state index < -0.39 is 0 Å². The van der Waals surface area contributed by atoms with Crippen LogP contribution in [0.2, 0.25) is 0 Å². The van der Waals surface area contributed by atoms with Crippen LogP contribution in [0, 0.1) is 6.92 Å². The summed E-state index contributed by atoms with van der Waals surface area (Å²) in [5, 5.41) is 0. The van der Waals surface area contributed by atoms with Crippen LogP contribution < -0.4 is 10.5 Å². The molecule has 4 nitrogen and oxygen atoms in total. The minimum absolute atomic E-state index is 0.213. The van der Waals surface area contributed by atoms with E-state index in [1.54, 1.807) is 7.11 Å². The molecule has 1 heterocycles. The summed E-state index contributed by atoms with van der Waals surface area (Å²) in [6.45, 7) is 2.03. The van der Waals surface area contributed by atoms with E-state index in [2.05, 4.69) is 9.97 Å². The summed E-state index contributed by atoms with van der Waals surface area (Å²) in [6, 6.07) is 7.92. The van der Waals surface area contributed by atoms with Gasteiger partial charge in [0.25, 0.3) is 0 Å². The van der Waals surface area contributed by atoms with Crippen LogP contribution in [-0.4, -0.2) is 17.1 Å². The monoisotopic (exact) mass is 243 g/mol. The second kappa shape index (κ2) is 3.85. The normalized spacial score (nSPS) is 16.6. The molecule has 0 unspecified atom stereocenters. The molecule has 18 heavy (non-hydrogen) atoms. The Hall–Kier alpha value is -1.81. The van der Waals surface area contributed by atoms with Gasteiger partial charge in [0.05, 0.1) is 18.3 Å². The predicted octanol–water partition coefficient (Wildman–Crippen LogP) is 2.34. The Bertz CT molecular complexity index is 567. The fourth-order valence-corrected chi connectivity index (χ4v) is 2.10. The maximum Gasteiger partial charge on any atom is 0.127 e. The first-order valence-corrected chi connectivity index (χ1v) is 6.13. The second-order valence-electron chi connectivity index (χ2n) is 4.94. The number of nitrogens with two attached hydrogens (primary N) is 1. The Morgan fingerprint density at radius 1 is 1.28 bits per heavy atom. The van der Waals surface area contributed by atoms with Gasteiger partial charge >= 0.3 is 0 Å². The number of H-pyrrole nitrogens is 1. The molecule has 1 aliphatic rings. The van der Waals surface area contributed by atoms with Crippen molar-refractivity contribution >= 4 is 0 Å². The van der Waals surface area contributed by atoms with Crippen molar-refractivity contribution in [1.82, 2.24) is 9.97 Å². The fraction of sp³-hybridized carbons (Fsp3) is 0.357. The molecule has 0 bridgehead atoms. The fourth-order valence-electron chi connectivity index (χ4n) is 2.10. The number of nitrogens with zero attached hydrogens (tertiary/aromatic N) is 1. The van der Waals surface area contributed by atoms with Crippen LogP contribution in [-0.2, 0) is 5.54 Å². The lowest BCUT2D eigenvalue weighted by Crippen LogP contribution is -2.20. The highest BCUT2D eigenvalue weighted by Crippen LogP contribution is 2.42. The summed E-state index contributed by atoms with van der Waals surface area (Å²) >= 11 is 0. The van der Waals surface area contributed by atoms with Crippen molar-refractivity contribution in [3.05, 3.63) is 35.8 Å². The Balaban J connectivity index is 1.97. The minimum Gasteiger partial charge on any atom is -0.497 e. The molecule has 1 aromatic carbocycles. The molecule has 3 rings (SSSR count).